The van der Waals surface area contributed by atoms with Crippen molar-refractivity contribution in [3.8, 4) is 0 Å². The van der Waals surface area contributed by atoms with E-state index in [4.69, 9.17) is 0 Å². The molecule has 1 aromatic carbocycles. The number of rotatable bonds is 5. The fourth-order valence-corrected chi connectivity index (χ4v) is 3.78. The van der Waals surface area contributed by atoms with Crippen LogP contribution in [0.2, 0.25) is 0 Å². The summed E-state index contributed by atoms with van der Waals surface area (Å²) in [6, 6.07) is 10.6. The molecular formula is C20H30N4O. The van der Waals surface area contributed by atoms with Gasteiger partial charge in [0.25, 0.3) is 0 Å². The van der Waals surface area contributed by atoms with E-state index in [2.05, 4.69) is 39.6 Å². The third-order valence-electron chi connectivity index (χ3n) is 5.15. The number of hydrogen-bond donors (Lipinski definition) is 2. The van der Waals surface area contributed by atoms with Crippen LogP contribution < -0.4 is 10.6 Å². The van der Waals surface area contributed by atoms with Crippen molar-refractivity contribution in [1.82, 2.24) is 15.5 Å². The molecule has 1 aliphatic heterocycles. The van der Waals surface area contributed by atoms with Crippen LogP contribution in [0.4, 0.5) is 0 Å². The van der Waals surface area contributed by atoms with Gasteiger partial charge in [-0.25, -0.2) is 4.99 Å². The van der Waals surface area contributed by atoms with Crippen LogP contribution in [-0.2, 0) is 11.3 Å². The van der Waals surface area contributed by atoms with Gasteiger partial charge < -0.3 is 15.5 Å². The highest BCUT2D eigenvalue weighted by Crippen LogP contribution is 2.27. The molecule has 1 atom stereocenters. The van der Waals surface area contributed by atoms with E-state index < -0.39 is 0 Å². The van der Waals surface area contributed by atoms with Crippen molar-refractivity contribution >= 4 is 11.9 Å². The van der Waals surface area contributed by atoms with E-state index in [1.165, 1.54) is 18.4 Å². The fourth-order valence-electron chi connectivity index (χ4n) is 3.78. The van der Waals surface area contributed by atoms with Crippen LogP contribution in [0, 0.1) is 5.92 Å². The topological polar surface area (TPSA) is 56.7 Å². The highest BCUT2D eigenvalue weighted by Gasteiger charge is 2.32. The van der Waals surface area contributed by atoms with Gasteiger partial charge >= 0.3 is 0 Å². The molecule has 25 heavy (non-hydrogen) atoms. The monoisotopic (exact) mass is 342 g/mol. The van der Waals surface area contributed by atoms with Gasteiger partial charge in [-0.15, -0.1) is 0 Å². The number of likely N-dealkylation sites (tertiary alicyclic amines) is 1. The predicted molar refractivity (Wildman–Crippen MR) is 101 cm³/mol. The van der Waals surface area contributed by atoms with Crippen LogP contribution in [-0.4, -0.2) is 42.4 Å². The van der Waals surface area contributed by atoms with Crippen LogP contribution in [0.5, 0.6) is 0 Å². The summed E-state index contributed by atoms with van der Waals surface area (Å²) in [5.74, 6) is 1.48. The molecule has 0 spiro atoms. The van der Waals surface area contributed by atoms with Crippen molar-refractivity contribution in [2.45, 2.75) is 51.6 Å². The maximum absolute atomic E-state index is 12.6. The fraction of sp³-hybridized carbons (Fsp3) is 0.600. The van der Waals surface area contributed by atoms with Crippen molar-refractivity contribution < 1.29 is 4.79 Å². The molecule has 136 valence electrons. The van der Waals surface area contributed by atoms with Gasteiger partial charge in [-0.1, -0.05) is 43.2 Å². The minimum Gasteiger partial charge on any atom is -0.357 e. The summed E-state index contributed by atoms with van der Waals surface area (Å²) >= 11 is 0. The molecule has 0 bridgehead atoms. The quantitative estimate of drug-likeness (QED) is 0.639. The first kappa shape index (κ1) is 17.8. The largest absolute Gasteiger partial charge is 0.357 e. The number of carbonyl (C=O) groups is 1. The third-order valence-corrected chi connectivity index (χ3v) is 5.15. The molecule has 1 saturated heterocycles. The Labute approximate surface area is 150 Å². The molecule has 5 nitrogen and oxygen atoms in total. The number of hydrogen-bond acceptors (Lipinski definition) is 2. The number of nitrogens with one attached hydrogen (secondary N) is 2. The lowest BCUT2D eigenvalue weighted by Gasteiger charge is -2.21. The maximum atomic E-state index is 12.6. The van der Waals surface area contributed by atoms with Crippen LogP contribution in [0.15, 0.2) is 35.3 Å². The zero-order chi connectivity index (χ0) is 17.5. The van der Waals surface area contributed by atoms with Gasteiger partial charge in [0.2, 0.25) is 5.91 Å². The number of aliphatic imine (C=N–C) groups is 1. The zero-order valence-corrected chi connectivity index (χ0v) is 15.2. The molecular weight excluding hydrogens is 312 g/mol. The van der Waals surface area contributed by atoms with E-state index in [9.17, 15) is 4.79 Å². The molecule has 0 aromatic heterocycles. The molecule has 2 aliphatic rings. The normalized spacial score (nSPS) is 21.6. The second-order valence-electron chi connectivity index (χ2n) is 7.08. The average Bonchev–Trinajstić information content (AvgIpc) is 3.32. The van der Waals surface area contributed by atoms with E-state index in [1.807, 2.05) is 18.2 Å². The van der Waals surface area contributed by atoms with Crippen molar-refractivity contribution in [3.63, 3.8) is 0 Å². The molecule has 2 fully saturated rings. The van der Waals surface area contributed by atoms with Crippen LogP contribution >= 0.6 is 0 Å². The maximum Gasteiger partial charge on any atom is 0.225 e. The van der Waals surface area contributed by atoms with E-state index >= 15 is 0 Å². The minimum absolute atomic E-state index is 0.277. The van der Waals surface area contributed by atoms with Crippen molar-refractivity contribution in [2.75, 3.05) is 19.6 Å². The number of guanidine groups is 1. The van der Waals surface area contributed by atoms with E-state index in [0.717, 1.165) is 44.9 Å². The van der Waals surface area contributed by atoms with Crippen LogP contribution in [0.25, 0.3) is 0 Å². The molecule has 2 N–H and O–H groups in total. The van der Waals surface area contributed by atoms with Crippen LogP contribution in [0.3, 0.4) is 0 Å². The molecule has 1 heterocycles. The van der Waals surface area contributed by atoms with E-state index in [0.29, 0.717) is 18.5 Å². The average molecular weight is 342 g/mol. The van der Waals surface area contributed by atoms with Crippen molar-refractivity contribution in [1.29, 1.82) is 0 Å². The third kappa shape index (κ3) is 4.97. The first-order valence-electron chi connectivity index (χ1n) is 9.64. The number of benzene rings is 1. The summed E-state index contributed by atoms with van der Waals surface area (Å²) < 4.78 is 0. The molecule has 1 aromatic rings. The predicted octanol–water partition coefficient (Wildman–Crippen LogP) is 2.53. The van der Waals surface area contributed by atoms with Gasteiger partial charge in [0.15, 0.2) is 5.96 Å². The van der Waals surface area contributed by atoms with Gasteiger partial charge in [-0.05, 0) is 31.7 Å². The van der Waals surface area contributed by atoms with Gasteiger partial charge in [0, 0.05) is 31.6 Å². The molecule has 5 heteroatoms. The first-order valence-corrected chi connectivity index (χ1v) is 9.64. The summed E-state index contributed by atoms with van der Waals surface area (Å²) in [5.41, 5.74) is 1.20. The Hall–Kier alpha value is -2.04. The van der Waals surface area contributed by atoms with E-state index in [1.54, 1.807) is 0 Å². The number of amides is 1. The van der Waals surface area contributed by atoms with Gasteiger partial charge in [0.1, 0.15) is 0 Å². The minimum atomic E-state index is 0.277. The Morgan fingerprint density at radius 2 is 1.96 bits per heavy atom. The van der Waals surface area contributed by atoms with E-state index in [-0.39, 0.29) is 5.92 Å². The SMILES string of the molecule is CCNC(=NCc1ccccc1)NC1CCN(C(=O)C2CCCC2)C1. The number of nitrogens with zero attached hydrogens (tertiary/aromatic N) is 2. The molecule has 0 radical (unpaired) electrons. The van der Waals surface area contributed by atoms with Gasteiger partial charge in [-0.2, -0.15) is 0 Å². The lowest BCUT2D eigenvalue weighted by atomic mass is 10.1. The Kier molecular flexibility index (Phi) is 6.31. The molecule has 1 saturated carbocycles. The highest BCUT2D eigenvalue weighted by molar-refractivity contribution is 5.81. The summed E-state index contributed by atoms with van der Waals surface area (Å²) in [6.45, 7) is 5.23. The van der Waals surface area contributed by atoms with Crippen LogP contribution in [0.1, 0.15) is 44.6 Å². The molecule has 1 aliphatic carbocycles. The van der Waals surface area contributed by atoms with Gasteiger partial charge in [-0.3, -0.25) is 4.79 Å². The Bertz CT molecular complexity index is 581. The molecule has 1 unspecified atom stereocenters. The Balaban J connectivity index is 1.53. The highest BCUT2D eigenvalue weighted by atomic mass is 16.2. The Morgan fingerprint density at radius 1 is 1.20 bits per heavy atom. The first-order chi connectivity index (χ1) is 12.3. The summed E-state index contributed by atoms with van der Waals surface area (Å²) in [7, 11) is 0. The lowest BCUT2D eigenvalue weighted by molar-refractivity contribution is -0.134. The van der Waals surface area contributed by atoms with Gasteiger partial charge in [0.05, 0.1) is 6.54 Å². The zero-order valence-electron chi connectivity index (χ0n) is 15.2. The molecule has 3 rings (SSSR count). The number of carbonyl (C=O) groups excluding carboxylic acids is 1. The summed E-state index contributed by atoms with van der Waals surface area (Å²) in [4.78, 5) is 19.3. The summed E-state index contributed by atoms with van der Waals surface area (Å²) in [6.07, 6.45) is 5.57. The second-order valence-corrected chi connectivity index (χ2v) is 7.08. The van der Waals surface area contributed by atoms with Crippen molar-refractivity contribution in [3.05, 3.63) is 35.9 Å². The second kappa shape index (κ2) is 8.88. The lowest BCUT2D eigenvalue weighted by Crippen LogP contribution is -2.45. The van der Waals surface area contributed by atoms with Crippen molar-refractivity contribution in [2.24, 2.45) is 10.9 Å². The smallest absolute Gasteiger partial charge is 0.225 e. The Morgan fingerprint density at radius 3 is 2.68 bits per heavy atom. The summed E-state index contributed by atoms with van der Waals surface area (Å²) in [5, 5.41) is 6.82. The molecule has 1 amide bonds. The standard InChI is InChI=1S/C20H30N4O/c1-2-21-20(22-14-16-8-4-3-5-9-16)23-18-12-13-24(15-18)19(25)17-10-6-7-11-17/h3-5,8-9,17-18H,2,6-7,10-15H2,1H3,(H2,21,22,23).